The Labute approximate surface area is 130 Å². The van der Waals surface area contributed by atoms with Crippen LogP contribution < -0.4 is 5.32 Å². The molecule has 0 fully saturated rings. The van der Waals surface area contributed by atoms with Crippen LogP contribution in [0.25, 0.3) is 0 Å². The molecule has 0 aliphatic carbocycles. The number of halogens is 1. The van der Waals surface area contributed by atoms with Gasteiger partial charge < -0.3 is 5.32 Å². The SMILES string of the molecule is CC(C)(C)Nc1ccc(S(=O)(=O)c2cccc(Cl)c2)cc1. The lowest BCUT2D eigenvalue weighted by atomic mass is 10.1. The molecular weight excluding hydrogens is 306 g/mol. The standard InChI is InChI=1S/C16H18ClNO2S/c1-16(2,3)18-13-7-9-14(10-8-13)21(19,20)15-6-4-5-12(17)11-15/h4-11,18H,1-3H3. The fourth-order valence-electron chi connectivity index (χ4n) is 1.92. The van der Waals surface area contributed by atoms with Gasteiger partial charge in [-0.1, -0.05) is 17.7 Å². The second-order valence-electron chi connectivity index (χ2n) is 5.86. The van der Waals surface area contributed by atoms with E-state index in [0.29, 0.717) is 5.02 Å². The highest BCUT2D eigenvalue weighted by Gasteiger charge is 2.18. The summed E-state index contributed by atoms with van der Waals surface area (Å²) in [5.41, 5.74) is 0.806. The molecule has 1 N–H and O–H groups in total. The smallest absolute Gasteiger partial charge is 0.206 e. The summed E-state index contributed by atoms with van der Waals surface area (Å²) < 4.78 is 25.0. The number of sulfone groups is 1. The molecule has 0 saturated carbocycles. The molecule has 2 aromatic rings. The third-order valence-corrected chi connectivity index (χ3v) is 4.79. The van der Waals surface area contributed by atoms with Gasteiger partial charge in [0.25, 0.3) is 0 Å². The molecule has 0 aliphatic heterocycles. The Morgan fingerprint density at radius 1 is 0.952 bits per heavy atom. The molecule has 0 saturated heterocycles. The summed E-state index contributed by atoms with van der Waals surface area (Å²) in [6.45, 7) is 6.14. The van der Waals surface area contributed by atoms with E-state index < -0.39 is 9.84 Å². The van der Waals surface area contributed by atoms with E-state index in [2.05, 4.69) is 5.32 Å². The molecule has 0 atom stereocenters. The molecule has 5 heteroatoms. The molecule has 0 aliphatic rings. The fourth-order valence-corrected chi connectivity index (χ4v) is 3.48. The molecule has 21 heavy (non-hydrogen) atoms. The van der Waals surface area contributed by atoms with Crippen LogP contribution in [0.1, 0.15) is 20.8 Å². The van der Waals surface area contributed by atoms with Crippen LogP contribution in [-0.4, -0.2) is 14.0 Å². The minimum Gasteiger partial charge on any atom is -0.380 e. The third-order valence-electron chi connectivity index (χ3n) is 2.79. The number of hydrogen-bond acceptors (Lipinski definition) is 3. The van der Waals surface area contributed by atoms with Gasteiger partial charge in [-0.25, -0.2) is 8.42 Å². The molecule has 2 rings (SSSR count). The second-order valence-corrected chi connectivity index (χ2v) is 8.25. The lowest BCUT2D eigenvalue weighted by Gasteiger charge is -2.22. The Hall–Kier alpha value is -1.52. The Kier molecular flexibility index (Phi) is 4.30. The highest BCUT2D eigenvalue weighted by molar-refractivity contribution is 7.91. The van der Waals surface area contributed by atoms with Crippen molar-refractivity contribution in [1.29, 1.82) is 0 Å². The zero-order chi connectivity index (χ0) is 15.7. The topological polar surface area (TPSA) is 46.2 Å². The summed E-state index contributed by atoms with van der Waals surface area (Å²) in [4.78, 5) is 0.454. The number of benzene rings is 2. The van der Waals surface area contributed by atoms with Crippen molar-refractivity contribution >= 4 is 27.1 Å². The van der Waals surface area contributed by atoms with E-state index in [-0.39, 0.29) is 15.3 Å². The van der Waals surface area contributed by atoms with E-state index in [1.54, 1.807) is 42.5 Å². The van der Waals surface area contributed by atoms with Gasteiger partial charge in [-0.05, 0) is 63.2 Å². The van der Waals surface area contributed by atoms with Crippen molar-refractivity contribution in [2.24, 2.45) is 0 Å². The summed E-state index contributed by atoms with van der Waals surface area (Å²) >= 11 is 5.86. The average Bonchev–Trinajstić information content (AvgIpc) is 2.37. The first-order valence-corrected chi connectivity index (χ1v) is 8.43. The van der Waals surface area contributed by atoms with Crippen molar-refractivity contribution in [2.75, 3.05) is 5.32 Å². The summed E-state index contributed by atoms with van der Waals surface area (Å²) in [5, 5.41) is 3.70. The Bertz CT molecular complexity index is 732. The molecule has 3 nitrogen and oxygen atoms in total. The maximum atomic E-state index is 12.5. The van der Waals surface area contributed by atoms with E-state index in [4.69, 9.17) is 11.6 Å². The Morgan fingerprint density at radius 3 is 2.10 bits per heavy atom. The van der Waals surface area contributed by atoms with Gasteiger partial charge in [-0.15, -0.1) is 0 Å². The van der Waals surface area contributed by atoms with Crippen LogP contribution in [0.15, 0.2) is 58.3 Å². The van der Waals surface area contributed by atoms with Gasteiger partial charge in [0.15, 0.2) is 0 Å². The monoisotopic (exact) mass is 323 g/mol. The van der Waals surface area contributed by atoms with Crippen LogP contribution in [0.5, 0.6) is 0 Å². The predicted molar refractivity (Wildman–Crippen MR) is 86.7 cm³/mol. The van der Waals surface area contributed by atoms with Gasteiger partial charge >= 0.3 is 0 Å². The molecule has 112 valence electrons. The van der Waals surface area contributed by atoms with Crippen LogP contribution in [0.4, 0.5) is 5.69 Å². The van der Waals surface area contributed by atoms with Gasteiger partial charge in [0.1, 0.15) is 0 Å². The van der Waals surface area contributed by atoms with Crippen molar-refractivity contribution in [2.45, 2.75) is 36.1 Å². The van der Waals surface area contributed by atoms with Crippen molar-refractivity contribution in [3.63, 3.8) is 0 Å². The zero-order valence-electron chi connectivity index (χ0n) is 12.2. The van der Waals surface area contributed by atoms with E-state index in [0.717, 1.165) is 5.69 Å². The molecule has 2 aromatic carbocycles. The fraction of sp³-hybridized carbons (Fsp3) is 0.250. The average molecular weight is 324 g/mol. The summed E-state index contributed by atoms with van der Waals surface area (Å²) in [6.07, 6.45) is 0. The van der Waals surface area contributed by atoms with Crippen LogP contribution in [0.3, 0.4) is 0 Å². The first-order valence-electron chi connectivity index (χ1n) is 6.57. The molecule has 0 bridgehead atoms. The van der Waals surface area contributed by atoms with Crippen molar-refractivity contribution in [3.05, 3.63) is 53.6 Å². The minimum absolute atomic E-state index is 0.0760. The maximum Gasteiger partial charge on any atom is 0.206 e. The Morgan fingerprint density at radius 2 is 1.57 bits per heavy atom. The van der Waals surface area contributed by atoms with Gasteiger partial charge in [0.2, 0.25) is 9.84 Å². The van der Waals surface area contributed by atoms with Crippen molar-refractivity contribution in [3.8, 4) is 0 Å². The normalized spacial score (nSPS) is 12.2. The molecular formula is C16H18ClNO2S. The molecule has 0 spiro atoms. The Balaban J connectivity index is 2.34. The van der Waals surface area contributed by atoms with E-state index in [1.807, 2.05) is 20.8 Å². The quantitative estimate of drug-likeness (QED) is 0.911. The number of hydrogen-bond donors (Lipinski definition) is 1. The minimum atomic E-state index is -3.53. The summed E-state index contributed by atoms with van der Waals surface area (Å²) in [5.74, 6) is 0. The number of anilines is 1. The summed E-state index contributed by atoms with van der Waals surface area (Å²) in [6, 6.07) is 13.0. The van der Waals surface area contributed by atoms with Crippen LogP contribution in [0, 0.1) is 0 Å². The number of rotatable bonds is 3. The third kappa shape index (κ3) is 3.99. The first kappa shape index (κ1) is 15.9. The molecule has 0 amide bonds. The van der Waals surface area contributed by atoms with Crippen LogP contribution in [0.2, 0.25) is 5.02 Å². The molecule has 0 heterocycles. The van der Waals surface area contributed by atoms with E-state index in [9.17, 15) is 8.42 Å². The largest absolute Gasteiger partial charge is 0.380 e. The summed E-state index contributed by atoms with van der Waals surface area (Å²) in [7, 11) is -3.53. The van der Waals surface area contributed by atoms with Gasteiger partial charge in [-0.2, -0.15) is 0 Å². The lowest BCUT2D eigenvalue weighted by Crippen LogP contribution is -2.25. The van der Waals surface area contributed by atoms with Gasteiger partial charge in [0, 0.05) is 16.2 Å². The molecule has 0 radical (unpaired) electrons. The predicted octanol–water partition coefficient (Wildman–Crippen LogP) is 4.38. The lowest BCUT2D eigenvalue weighted by molar-refractivity contribution is 0.596. The molecule has 0 aromatic heterocycles. The van der Waals surface area contributed by atoms with E-state index >= 15 is 0 Å². The van der Waals surface area contributed by atoms with Crippen molar-refractivity contribution < 1.29 is 8.42 Å². The van der Waals surface area contributed by atoms with Crippen LogP contribution in [-0.2, 0) is 9.84 Å². The first-order chi connectivity index (χ1) is 9.68. The molecule has 0 unspecified atom stereocenters. The highest BCUT2D eigenvalue weighted by Crippen LogP contribution is 2.25. The maximum absolute atomic E-state index is 12.5. The van der Waals surface area contributed by atoms with Gasteiger partial charge in [-0.3, -0.25) is 0 Å². The van der Waals surface area contributed by atoms with Gasteiger partial charge in [0.05, 0.1) is 9.79 Å². The highest BCUT2D eigenvalue weighted by atomic mass is 35.5. The van der Waals surface area contributed by atoms with E-state index in [1.165, 1.54) is 6.07 Å². The van der Waals surface area contributed by atoms with Crippen molar-refractivity contribution in [1.82, 2.24) is 0 Å². The second kappa shape index (κ2) is 5.70. The van der Waals surface area contributed by atoms with Crippen LogP contribution >= 0.6 is 11.6 Å². The zero-order valence-corrected chi connectivity index (χ0v) is 13.8. The number of nitrogens with one attached hydrogen (secondary N) is 1.